The van der Waals surface area contributed by atoms with Crippen molar-refractivity contribution in [2.45, 2.75) is 51.7 Å². The Morgan fingerprint density at radius 3 is 3.05 bits per heavy atom. The van der Waals surface area contributed by atoms with Crippen LogP contribution in [0.25, 0.3) is 11.2 Å². The molecule has 0 saturated carbocycles. The third-order valence-electron chi connectivity index (χ3n) is 4.59. The fourth-order valence-electron chi connectivity index (χ4n) is 3.53. The van der Waals surface area contributed by atoms with E-state index in [1.54, 1.807) is 7.11 Å². The van der Waals surface area contributed by atoms with Gasteiger partial charge in [0.1, 0.15) is 11.3 Å². The highest BCUT2D eigenvalue weighted by molar-refractivity contribution is 5.71. The maximum absolute atomic E-state index is 5.24. The summed E-state index contributed by atoms with van der Waals surface area (Å²) < 4.78 is 7.55. The Morgan fingerprint density at radius 2 is 2.27 bits per heavy atom. The van der Waals surface area contributed by atoms with Crippen LogP contribution >= 0.6 is 0 Å². The SMILES string of the molecule is COCCc1nc2cccnc2n1CC1CCCN1C(C)C. The van der Waals surface area contributed by atoms with E-state index in [9.17, 15) is 0 Å². The van der Waals surface area contributed by atoms with Crippen LogP contribution in [0.3, 0.4) is 0 Å². The third kappa shape index (κ3) is 3.01. The van der Waals surface area contributed by atoms with Gasteiger partial charge in [0.2, 0.25) is 0 Å². The molecule has 0 bridgehead atoms. The zero-order chi connectivity index (χ0) is 15.5. The monoisotopic (exact) mass is 302 g/mol. The van der Waals surface area contributed by atoms with Crippen molar-refractivity contribution >= 4 is 11.2 Å². The van der Waals surface area contributed by atoms with Gasteiger partial charge in [-0.3, -0.25) is 4.90 Å². The van der Waals surface area contributed by atoms with Crippen LogP contribution in [0.1, 0.15) is 32.5 Å². The molecule has 1 aliphatic heterocycles. The molecule has 0 aromatic carbocycles. The summed E-state index contributed by atoms with van der Waals surface area (Å²) in [5, 5.41) is 0. The van der Waals surface area contributed by atoms with Crippen molar-refractivity contribution in [3.05, 3.63) is 24.2 Å². The number of nitrogens with zero attached hydrogens (tertiary/aromatic N) is 4. The minimum Gasteiger partial charge on any atom is -0.384 e. The summed E-state index contributed by atoms with van der Waals surface area (Å²) in [5.74, 6) is 1.09. The maximum atomic E-state index is 5.24. The van der Waals surface area contributed by atoms with E-state index < -0.39 is 0 Å². The van der Waals surface area contributed by atoms with Crippen LogP contribution in [0, 0.1) is 0 Å². The lowest BCUT2D eigenvalue weighted by atomic mass is 10.2. The molecule has 1 saturated heterocycles. The van der Waals surface area contributed by atoms with E-state index in [2.05, 4.69) is 28.3 Å². The summed E-state index contributed by atoms with van der Waals surface area (Å²) in [4.78, 5) is 11.9. The number of hydrogen-bond donors (Lipinski definition) is 0. The van der Waals surface area contributed by atoms with Gasteiger partial charge in [0.25, 0.3) is 0 Å². The zero-order valence-corrected chi connectivity index (χ0v) is 13.8. The first kappa shape index (κ1) is 15.4. The van der Waals surface area contributed by atoms with E-state index in [1.807, 2.05) is 18.3 Å². The first-order valence-corrected chi connectivity index (χ1v) is 8.25. The topological polar surface area (TPSA) is 43.2 Å². The van der Waals surface area contributed by atoms with Gasteiger partial charge in [-0.05, 0) is 45.4 Å². The van der Waals surface area contributed by atoms with Crippen molar-refractivity contribution in [3.8, 4) is 0 Å². The molecule has 120 valence electrons. The molecule has 1 unspecified atom stereocenters. The summed E-state index contributed by atoms with van der Waals surface area (Å²) in [6, 6.07) is 5.18. The maximum Gasteiger partial charge on any atom is 0.160 e. The lowest BCUT2D eigenvalue weighted by Gasteiger charge is -2.29. The number of imidazole rings is 1. The minimum absolute atomic E-state index is 0.584. The second-order valence-corrected chi connectivity index (χ2v) is 6.36. The lowest BCUT2D eigenvalue weighted by molar-refractivity contribution is 0.183. The van der Waals surface area contributed by atoms with Crippen molar-refractivity contribution in [2.75, 3.05) is 20.3 Å². The molecule has 0 N–H and O–H groups in total. The molecule has 0 amide bonds. The van der Waals surface area contributed by atoms with Crippen LogP contribution in [-0.2, 0) is 17.7 Å². The number of rotatable bonds is 6. The van der Waals surface area contributed by atoms with Crippen LogP contribution in [-0.4, -0.2) is 51.8 Å². The van der Waals surface area contributed by atoms with Gasteiger partial charge in [0, 0.05) is 38.4 Å². The molecule has 3 heterocycles. The molecule has 5 nitrogen and oxygen atoms in total. The Bertz CT molecular complexity index is 622. The van der Waals surface area contributed by atoms with Crippen molar-refractivity contribution in [1.29, 1.82) is 0 Å². The Kier molecular flexibility index (Phi) is 4.74. The molecule has 2 aromatic heterocycles. The molecule has 0 radical (unpaired) electrons. The van der Waals surface area contributed by atoms with Gasteiger partial charge in [0.15, 0.2) is 5.65 Å². The van der Waals surface area contributed by atoms with Crippen molar-refractivity contribution in [1.82, 2.24) is 19.4 Å². The number of fused-ring (bicyclic) bond motifs is 1. The van der Waals surface area contributed by atoms with Crippen molar-refractivity contribution in [2.24, 2.45) is 0 Å². The lowest BCUT2D eigenvalue weighted by Crippen LogP contribution is -2.38. The van der Waals surface area contributed by atoms with Gasteiger partial charge in [-0.25, -0.2) is 9.97 Å². The molecule has 0 aliphatic carbocycles. The molecule has 1 atom stereocenters. The molecule has 1 aliphatic rings. The third-order valence-corrected chi connectivity index (χ3v) is 4.59. The molecule has 2 aromatic rings. The fraction of sp³-hybridized carbons (Fsp3) is 0.647. The van der Waals surface area contributed by atoms with E-state index in [0.717, 1.165) is 30.0 Å². The number of methoxy groups -OCH3 is 1. The Morgan fingerprint density at radius 1 is 1.41 bits per heavy atom. The normalized spacial score (nSPS) is 19.5. The van der Waals surface area contributed by atoms with E-state index >= 15 is 0 Å². The second kappa shape index (κ2) is 6.75. The molecule has 22 heavy (non-hydrogen) atoms. The van der Waals surface area contributed by atoms with Crippen LogP contribution in [0.4, 0.5) is 0 Å². The molecule has 1 fully saturated rings. The largest absolute Gasteiger partial charge is 0.384 e. The summed E-state index contributed by atoms with van der Waals surface area (Å²) in [6.07, 6.45) is 5.24. The standard InChI is InChI=1S/C17H26N4O/c1-13(2)20-10-5-6-14(20)12-21-16(8-11-22-3)19-15-7-4-9-18-17(15)21/h4,7,9,13-14H,5-6,8,10-12H2,1-3H3. The predicted molar refractivity (Wildman–Crippen MR) is 88.0 cm³/mol. The second-order valence-electron chi connectivity index (χ2n) is 6.36. The Balaban J connectivity index is 1.90. The van der Waals surface area contributed by atoms with Crippen LogP contribution < -0.4 is 0 Å². The highest BCUT2D eigenvalue weighted by Crippen LogP contribution is 2.24. The van der Waals surface area contributed by atoms with Gasteiger partial charge in [-0.1, -0.05) is 0 Å². The van der Waals surface area contributed by atoms with Crippen LogP contribution in [0.15, 0.2) is 18.3 Å². The van der Waals surface area contributed by atoms with Crippen LogP contribution in [0.2, 0.25) is 0 Å². The summed E-state index contributed by atoms with van der Waals surface area (Å²) in [5.41, 5.74) is 1.99. The summed E-state index contributed by atoms with van der Waals surface area (Å²) in [6.45, 7) is 7.45. The molecule has 3 rings (SSSR count). The van der Waals surface area contributed by atoms with Gasteiger partial charge in [-0.15, -0.1) is 0 Å². The van der Waals surface area contributed by atoms with Gasteiger partial charge < -0.3 is 9.30 Å². The minimum atomic E-state index is 0.584. The van der Waals surface area contributed by atoms with E-state index in [1.165, 1.54) is 19.4 Å². The van der Waals surface area contributed by atoms with E-state index in [4.69, 9.17) is 9.72 Å². The van der Waals surface area contributed by atoms with E-state index in [-0.39, 0.29) is 0 Å². The average Bonchev–Trinajstić information content (AvgIpc) is 3.11. The van der Waals surface area contributed by atoms with Crippen molar-refractivity contribution in [3.63, 3.8) is 0 Å². The zero-order valence-electron chi connectivity index (χ0n) is 13.8. The number of ether oxygens (including phenoxy) is 1. The highest BCUT2D eigenvalue weighted by atomic mass is 16.5. The highest BCUT2D eigenvalue weighted by Gasteiger charge is 2.28. The molecule has 5 heteroatoms. The smallest absolute Gasteiger partial charge is 0.160 e. The van der Waals surface area contributed by atoms with E-state index in [0.29, 0.717) is 18.7 Å². The van der Waals surface area contributed by atoms with Crippen molar-refractivity contribution < 1.29 is 4.74 Å². The summed E-state index contributed by atoms with van der Waals surface area (Å²) >= 11 is 0. The Hall–Kier alpha value is -1.46. The first-order chi connectivity index (χ1) is 10.7. The number of aromatic nitrogens is 3. The quantitative estimate of drug-likeness (QED) is 0.822. The first-order valence-electron chi connectivity index (χ1n) is 8.25. The van der Waals surface area contributed by atoms with Gasteiger partial charge in [0.05, 0.1) is 6.61 Å². The molecular weight excluding hydrogens is 276 g/mol. The number of pyridine rings is 1. The Labute approximate surface area is 132 Å². The number of hydrogen-bond acceptors (Lipinski definition) is 4. The van der Waals surface area contributed by atoms with Crippen LogP contribution in [0.5, 0.6) is 0 Å². The predicted octanol–water partition coefficient (Wildman–Crippen LogP) is 2.49. The summed E-state index contributed by atoms with van der Waals surface area (Å²) in [7, 11) is 1.74. The fourth-order valence-corrected chi connectivity index (χ4v) is 3.53. The molecular formula is C17H26N4O. The van der Waals surface area contributed by atoms with Gasteiger partial charge in [-0.2, -0.15) is 0 Å². The van der Waals surface area contributed by atoms with Gasteiger partial charge >= 0.3 is 0 Å². The molecule has 0 spiro atoms. The average molecular weight is 302 g/mol. The number of likely N-dealkylation sites (tertiary alicyclic amines) is 1.